The van der Waals surface area contributed by atoms with Crippen molar-refractivity contribution >= 4 is 5.78 Å². The van der Waals surface area contributed by atoms with Gasteiger partial charge in [0.15, 0.2) is 5.78 Å². The SMILES string of the molecule is CC(=O)c1cc(CN2[C@H]3CC[C@@H]2[C@@](CO)(Cc2ccccc2)C3)n(C)c1. The van der Waals surface area contributed by atoms with Crippen LogP contribution in [0, 0.1) is 5.41 Å². The Hall–Kier alpha value is -1.91. The quantitative estimate of drug-likeness (QED) is 0.812. The molecule has 0 saturated carbocycles. The van der Waals surface area contributed by atoms with Crippen LogP contribution in [0.2, 0.25) is 0 Å². The van der Waals surface area contributed by atoms with E-state index in [4.69, 9.17) is 0 Å². The zero-order valence-electron chi connectivity index (χ0n) is 15.7. The number of hydrogen-bond donors (Lipinski definition) is 1. The van der Waals surface area contributed by atoms with E-state index in [1.165, 1.54) is 17.7 Å². The number of fused-ring (bicyclic) bond motifs is 2. The van der Waals surface area contributed by atoms with E-state index in [9.17, 15) is 9.90 Å². The number of rotatable bonds is 6. The number of aliphatic hydroxyl groups is 1. The Kier molecular flexibility index (Phi) is 4.49. The molecule has 3 heterocycles. The van der Waals surface area contributed by atoms with Crippen LogP contribution in [0.15, 0.2) is 42.6 Å². The average molecular weight is 352 g/mol. The standard InChI is InChI=1S/C22H28N2O2/c1-16(26)18-10-20(23(2)13-18)14-24-19-8-9-21(24)22(12-19,15-25)11-17-6-4-3-5-7-17/h3-7,10,13,19,21,25H,8-9,11-12,14-15H2,1-2H3/t19-,21+,22-/m0/s1. The number of ketones is 1. The lowest BCUT2D eigenvalue weighted by Crippen LogP contribution is -2.41. The van der Waals surface area contributed by atoms with Crippen LogP contribution in [0.5, 0.6) is 0 Å². The molecule has 2 saturated heterocycles. The number of hydrogen-bond acceptors (Lipinski definition) is 3. The average Bonchev–Trinajstić information content (AvgIpc) is 3.28. The van der Waals surface area contributed by atoms with Crippen molar-refractivity contribution in [1.82, 2.24) is 9.47 Å². The summed E-state index contributed by atoms with van der Waals surface area (Å²) in [6, 6.07) is 13.5. The molecule has 26 heavy (non-hydrogen) atoms. The smallest absolute Gasteiger partial charge is 0.161 e. The topological polar surface area (TPSA) is 45.5 Å². The molecule has 1 aromatic carbocycles. The van der Waals surface area contributed by atoms with Gasteiger partial charge < -0.3 is 9.67 Å². The van der Waals surface area contributed by atoms with Gasteiger partial charge in [0.05, 0.1) is 6.61 Å². The van der Waals surface area contributed by atoms with Crippen molar-refractivity contribution in [3.05, 3.63) is 59.4 Å². The first-order valence-electron chi connectivity index (χ1n) is 9.59. The molecule has 0 spiro atoms. The molecule has 138 valence electrons. The van der Waals surface area contributed by atoms with Crippen molar-refractivity contribution in [2.75, 3.05) is 6.61 Å². The summed E-state index contributed by atoms with van der Waals surface area (Å²) in [5, 5.41) is 10.3. The second kappa shape index (κ2) is 6.67. The molecule has 2 bridgehead atoms. The summed E-state index contributed by atoms with van der Waals surface area (Å²) in [7, 11) is 2.02. The minimum Gasteiger partial charge on any atom is -0.396 e. The minimum atomic E-state index is -0.0428. The van der Waals surface area contributed by atoms with E-state index >= 15 is 0 Å². The van der Waals surface area contributed by atoms with Gasteiger partial charge in [-0.1, -0.05) is 30.3 Å². The number of aromatic nitrogens is 1. The number of carbonyl (C=O) groups excluding carboxylic acids is 1. The lowest BCUT2D eigenvalue weighted by atomic mass is 9.70. The number of aliphatic hydroxyl groups excluding tert-OH is 1. The van der Waals surface area contributed by atoms with Gasteiger partial charge in [0, 0.05) is 48.5 Å². The van der Waals surface area contributed by atoms with E-state index in [-0.39, 0.29) is 17.8 Å². The van der Waals surface area contributed by atoms with Crippen LogP contribution in [0.4, 0.5) is 0 Å². The van der Waals surface area contributed by atoms with E-state index < -0.39 is 0 Å². The van der Waals surface area contributed by atoms with Crippen molar-refractivity contribution in [2.24, 2.45) is 12.5 Å². The van der Waals surface area contributed by atoms with E-state index in [1.807, 2.05) is 25.4 Å². The molecular weight excluding hydrogens is 324 g/mol. The van der Waals surface area contributed by atoms with Crippen molar-refractivity contribution in [2.45, 2.75) is 51.2 Å². The Bertz CT molecular complexity index is 798. The maximum Gasteiger partial charge on any atom is 0.161 e. The third kappa shape index (κ3) is 2.91. The summed E-state index contributed by atoms with van der Waals surface area (Å²) in [5.74, 6) is 0.116. The largest absolute Gasteiger partial charge is 0.396 e. The predicted octanol–water partition coefficient (Wildman–Crippen LogP) is 3.19. The van der Waals surface area contributed by atoms with Crippen molar-refractivity contribution < 1.29 is 9.90 Å². The van der Waals surface area contributed by atoms with Crippen molar-refractivity contribution in [1.29, 1.82) is 0 Å². The molecule has 0 unspecified atom stereocenters. The molecular formula is C22H28N2O2. The van der Waals surface area contributed by atoms with Crippen LogP contribution in [0.1, 0.15) is 47.8 Å². The van der Waals surface area contributed by atoms with Gasteiger partial charge in [-0.3, -0.25) is 9.69 Å². The third-order valence-electron chi connectivity index (χ3n) is 6.56. The molecule has 4 heteroatoms. The van der Waals surface area contributed by atoms with Crippen molar-refractivity contribution in [3.63, 3.8) is 0 Å². The predicted molar refractivity (Wildman–Crippen MR) is 102 cm³/mol. The van der Waals surface area contributed by atoms with Gasteiger partial charge in [0.2, 0.25) is 0 Å². The molecule has 0 radical (unpaired) electrons. The lowest BCUT2D eigenvalue weighted by Gasteiger charge is -2.36. The lowest BCUT2D eigenvalue weighted by molar-refractivity contribution is 0.0746. The molecule has 0 amide bonds. The van der Waals surface area contributed by atoms with Gasteiger partial charge >= 0.3 is 0 Å². The maximum absolute atomic E-state index is 11.7. The Labute approximate surface area is 155 Å². The molecule has 4 nitrogen and oxygen atoms in total. The van der Waals surface area contributed by atoms with Crippen LogP contribution in [0.3, 0.4) is 0 Å². The number of nitrogens with zero attached hydrogens (tertiary/aromatic N) is 2. The highest BCUT2D eigenvalue weighted by Crippen LogP contribution is 2.51. The van der Waals surface area contributed by atoms with Crippen LogP contribution in [-0.4, -0.2) is 39.0 Å². The van der Waals surface area contributed by atoms with Crippen LogP contribution >= 0.6 is 0 Å². The Morgan fingerprint density at radius 2 is 2.04 bits per heavy atom. The fourth-order valence-electron chi connectivity index (χ4n) is 5.22. The number of aryl methyl sites for hydroxylation is 1. The number of Topliss-reactive ketones (excluding diaryl/α,β-unsaturated/α-hetero) is 1. The summed E-state index contributed by atoms with van der Waals surface area (Å²) in [4.78, 5) is 14.3. The summed E-state index contributed by atoms with van der Waals surface area (Å²) >= 11 is 0. The van der Waals surface area contributed by atoms with Crippen LogP contribution in [0.25, 0.3) is 0 Å². The van der Waals surface area contributed by atoms with E-state index in [0.29, 0.717) is 12.1 Å². The van der Waals surface area contributed by atoms with Gasteiger partial charge in [-0.05, 0) is 44.2 Å². The molecule has 3 atom stereocenters. The zero-order valence-corrected chi connectivity index (χ0v) is 15.7. The fraction of sp³-hybridized carbons (Fsp3) is 0.500. The molecule has 2 aliphatic heterocycles. The monoisotopic (exact) mass is 352 g/mol. The van der Waals surface area contributed by atoms with Crippen LogP contribution < -0.4 is 0 Å². The van der Waals surface area contributed by atoms with Gasteiger partial charge in [-0.15, -0.1) is 0 Å². The van der Waals surface area contributed by atoms with Gasteiger partial charge in [-0.25, -0.2) is 0 Å². The van der Waals surface area contributed by atoms with Gasteiger partial charge in [0.25, 0.3) is 0 Å². The van der Waals surface area contributed by atoms with E-state index in [0.717, 1.165) is 31.4 Å². The zero-order chi connectivity index (χ0) is 18.3. The number of carbonyl (C=O) groups is 1. The van der Waals surface area contributed by atoms with E-state index in [2.05, 4.69) is 33.7 Å². The Balaban J connectivity index is 1.57. The van der Waals surface area contributed by atoms with Crippen LogP contribution in [-0.2, 0) is 20.0 Å². The Morgan fingerprint density at radius 1 is 1.27 bits per heavy atom. The molecule has 1 aromatic heterocycles. The highest BCUT2D eigenvalue weighted by molar-refractivity contribution is 5.94. The summed E-state index contributed by atoms with van der Waals surface area (Å²) in [5.41, 5.74) is 3.23. The first kappa shape index (κ1) is 17.5. The molecule has 2 aliphatic rings. The first-order chi connectivity index (χ1) is 12.5. The first-order valence-corrected chi connectivity index (χ1v) is 9.59. The summed E-state index contributed by atoms with van der Waals surface area (Å²) < 4.78 is 2.08. The van der Waals surface area contributed by atoms with Crippen molar-refractivity contribution in [3.8, 4) is 0 Å². The summed E-state index contributed by atoms with van der Waals surface area (Å²) in [6.07, 6.45) is 6.30. The molecule has 1 N–H and O–H groups in total. The highest BCUT2D eigenvalue weighted by atomic mass is 16.3. The second-order valence-electron chi connectivity index (χ2n) is 8.19. The Morgan fingerprint density at radius 3 is 2.69 bits per heavy atom. The summed E-state index contributed by atoms with van der Waals surface area (Å²) in [6.45, 7) is 2.72. The number of benzene rings is 1. The fourth-order valence-corrected chi connectivity index (χ4v) is 5.22. The second-order valence-corrected chi connectivity index (χ2v) is 8.19. The maximum atomic E-state index is 11.7. The molecule has 2 aromatic rings. The normalized spacial score (nSPS) is 28.0. The van der Waals surface area contributed by atoms with E-state index in [1.54, 1.807) is 6.92 Å². The third-order valence-corrected chi connectivity index (χ3v) is 6.56. The molecule has 0 aliphatic carbocycles. The highest BCUT2D eigenvalue weighted by Gasteiger charge is 2.55. The van der Waals surface area contributed by atoms with Gasteiger partial charge in [0.1, 0.15) is 0 Å². The molecule has 4 rings (SSSR count). The molecule has 2 fully saturated rings. The van der Waals surface area contributed by atoms with Gasteiger partial charge in [-0.2, -0.15) is 0 Å². The minimum absolute atomic E-state index is 0.0428.